The van der Waals surface area contributed by atoms with Crippen LogP contribution in [0, 0.1) is 11.3 Å². The summed E-state index contributed by atoms with van der Waals surface area (Å²) in [5, 5.41) is 10.2. The molecule has 0 radical (unpaired) electrons. The smallest absolute Gasteiger partial charge is 0.0654 e. The number of benzene rings is 1. The van der Waals surface area contributed by atoms with Crippen LogP contribution in [-0.2, 0) is 0 Å². The van der Waals surface area contributed by atoms with Crippen LogP contribution in [0.1, 0.15) is 33.3 Å². The zero-order valence-electron chi connectivity index (χ0n) is 10.7. The Balaban J connectivity index is 2.84. The van der Waals surface area contributed by atoms with Crippen LogP contribution >= 0.6 is 0 Å². The van der Waals surface area contributed by atoms with E-state index in [0.29, 0.717) is 0 Å². The second kappa shape index (κ2) is 4.84. The predicted molar refractivity (Wildman–Crippen MR) is 70.1 cm³/mol. The van der Waals surface area contributed by atoms with Crippen molar-refractivity contribution in [3.05, 3.63) is 42.5 Å². The second-order valence-corrected chi connectivity index (χ2v) is 5.49. The molecule has 2 atom stereocenters. The lowest BCUT2D eigenvalue weighted by Gasteiger charge is -2.32. The lowest BCUT2D eigenvalue weighted by Crippen LogP contribution is -2.32. The maximum atomic E-state index is 10.2. The van der Waals surface area contributed by atoms with Crippen molar-refractivity contribution in [3.63, 3.8) is 0 Å². The van der Waals surface area contributed by atoms with Crippen LogP contribution in [0.15, 0.2) is 36.9 Å². The highest BCUT2D eigenvalue weighted by Crippen LogP contribution is 2.32. The molecule has 1 N–H and O–H groups in total. The summed E-state index contributed by atoms with van der Waals surface area (Å²) in [5.41, 5.74) is 2.00. The van der Waals surface area contributed by atoms with E-state index in [0.717, 1.165) is 11.1 Å². The van der Waals surface area contributed by atoms with Crippen LogP contribution in [0.5, 0.6) is 0 Å². The highest BCUT2D eigenvalue weighted by atomic mass is 16.3. The third-order valence-electron chi connectivity index (χ3n) is 3.06. The number of aliphatic hydroxyl groups excluding tert-OH is 1. The van der Waals surface area contributed by atoms with Gasteiger partial charge in [0.1, 0.15) is 0 Å². The summed E-state index contributed by atoms with van der Waals surface area (Å²) in [6.07, 6.45) is -0.375. The van der Waals surface area contributed by atoms with Gasteiger partial charge < -0.3 is 5.11 Å². The number of hydrogen-bond acceptors (Lipinski definition) is 1. The third kappa shape index (κ3) is 2.96. The van der Waals surface area contributed by atoms with E-state index in [1.807, 2.05) is 58.0 Å². The van der Waals surface area contributed by atoms with Gasteiger partial charge in [0.25, 0.3) is 0 Å². The van der Waals surface area contributed by atoms with Crippen LogP contribution < -0.4 is 0 Å². The minimum Gasteiger partial charge on any atom is -0.392 e. The van der Waals surface area contributed by atoms with Crippen molar-refractivity contribution in [1.82, 2.24) is 0 Å². The van der Waals surface area contributed by atoms with Gasteiger partial charge in [0, 0.05) is 5.92 Å². The summed E-state index contributed by atoms with van der Waals surface area (Å²) < 4.78 is 0. The molecule has 0 fully saturated rings. The van der Waals surface area contributed by atoms with E-state index in [1.165, 1.54) is 0 Å². The summed E-state index contributed by atoms with van der Waals surface area (Å²) in [6, 6.07) is 10.1. The Kier molecular flexibility index (Phi) is 3.93. The van der Waals surface area contributed by atoms with E-state index in [9.17, 15) is 5.11 Å². The topological polar surface area (TPSA) is 20.2 Å². The average Bonchev–Trinajstić information content (AvgIpc) is 2.26. The molecule has 16 heavy (non-hydrogen) atoms. The monoisotopic (exact) mass is 218 g/mol. The fourth-order valence-electron chi connectivity index (χ4n) is 1.86. The minimum atomic E-state index is -0.375. The van der Waals surface area contributed by atoms with Crippen molar-refractivity contribution < 1.29 is 5.11 Å². The van der Waals surface area contributed by atoms with Crippen molar-refractivity contribution in [1.29, 1.82) is 0 Å². The minimum absolute atomic E-state index is 0.0717. The standard InChI is InChI=1S/C15H22O/c1-11(13-9-7-6-8-10-13)12(2)14(16)15(3,4)5/h6-10,12,14,16H,1H2,2-5H3/t12-,14+/m1/s1. The van der Waals surface area contributed by atoms with Gasteiger partial charge in [-0.05, 0) is 16.6 Å². The molecule has 1 aromatic rings. The SMILES string of the molecule is C=C(c1ccccc1)[C@@H](C)[C@H](O)C(C)(C)C. The molecule has 0 aliphatic rings. The van der Waals surface area contributed by atoms with Crippen molar-refractivity contribution >= 4 is 5.57 Å². The molecule has 0 saturated carbocycles. The summed E-state index contributed by atoms with van der Waals surface area (Å²) in [7, 11) is 0. The largest absolute Gasteiger partial charge is 0.392 e. The quantitative estimate of drug-likeness (QED) is 0.819. The van der Waals surface area contributed by atoms with Gasteiger partial charge in [0.05, 0.1) is 6.10 Å². The van der Waals surface area contributed by atoms with Gasteiger partial charge in [0.15, 0.2) is 0 Å². The van der Waals surface area contributed by atoms with Gasteiger partial charge in [-0.15, -0.1) is 0 Å². The Labute approximate surface area is 98.8 Å². The molecule has 1 rings (SSSR count). The average molecular weight is 218 g/mol. The Morgan fingerprint density at radius 3 is 2.12 bits per heavy atom. The molecule has 0 aromatic heterocycles. The zero-order chi connectivity index (χ0) is 12.3. The van der Waals surface area contributed by atoms with Crippen molar-refractivity contribution in [2.24, 2.45) is 11.3 Å². The van der Waals surface area contributed by atoms with Crippen LogP contribution in [0.25, 0.3) is 5.57 Å². The van der Waals surface area contributed by atoms with E-state index < -0.39 is 0 Å². The molecule has 0 heterocycles. The Bertz CT molecular complexity index is 345. The van der Waals surface area contributed by atoms with Crippen molar-refractivity contribution in [2.75, 3.05) is 0 Å². The van der Waals surface area contributed by atoms with E-state index in [4.69, 9.17) is 0 Å². The molecule has 0 saturated heterocycles. The predicted octanol–water partition coefficient (Wildman–Crippen LogP) is 3.74. The maximum absolute atomic E-state index is 10.2. The molecular weight excluding hydrogens is 196 g/mol. The summed E-state index contributed by atoms with van der Waals surface area (Å²) in [5.74, 6) is 0.0717. The number of aliphatic hydroxyl groups is 1. The lowest BCUT2D eigenvalue weighted by atomic mass is 9.78. The van der Waals surface area contributed by atoms with Gasteiger partial charge in [-0.2, -0.15) is 0 Å². The fraction of sp³-hybridized carbons (Fsp3) is 0.467. The van der Waals surface area contributed by atoms with E-state index >= 15 is 0 Å². The molecular formula is C15H22O. The Morgan fingerprint density at radius 1 is 1.19 bits per heavy atom. The molecule has 1 aromatic carbocycles. The summed E-state index contributed by atoms with van der Waals surface area (Å²) in [4.78, 5) is 0. The maximum Gasteiger partial charge on any atom is 0.0654 e. The highest BCUT2D eigenvalue weighted by Gasteiger charge is 2.29. The van der Waals surface area contributed by atoms with Gasteiger partial charge in [0.2, 0.25) is 0 Å². The first-order valence-corrected chi connectivity index (χ1v) is 5.76. The van der Waals surface area contributed by atoms with Crippen LogP contribution in [0.2, 0.25) is 0 Å². The zero-order valence-corrected chi connectivity index (χ0v) is 10.7. The van der Waals surface area contributed by atoms with Gasteiger partial charge >= 0.3 is 0 Å². The molecule has 0 bridgehead atoms. The van der Waals surface area contributed by atoms with E-state index in [1.54, 1.807) is 0 Å². The molecule has 1 heteroatoms. The molecule has 88 valence electrons. The van der Waals surface area contributed by atoms with Gasteiger partial charge in [-0.1, -0.05) is 64.6 Å². The first-order chi connectivity index (χ1) is 7.34. The molecule has 1 nitrogen and oxygen atoms in total. The van der Waals surface area contributed by atoms with Crippen LogP contribution in [0.4, 0.5) is 0 Å². The van der Waals surface area contributed by atoms with E-state index in [-0.39, 0.29) is 17.4 Å². The third-order valence-corrected chi connectivity index (χ3v) is 3.06. The lowest BCUT2D eigenvalue weighted by molar-refractivity contribution is 0.0369. The molecule has 0 amide bonds. The van der Waals surface area contributed by atoms with Crippen molar-refractivity contribution in [3.8, 4) is 0 Å². The molecule has 0 aliphatic heterocycles. The first kappa shape index (κ1) is 13.0. The van der Waals surface area contributed by atoms with Crippen LogP contribution in [0.3, 0.4) is 0 Å². The summed E-state index contributed by atoms with van der Waals surface area (Å²) >= 11 is 0. The van der Waals surface area contributed by atoms with Gasteiger partial charge in [-0.25, -0.2) is 0 Å². The van der Waals surface area contributed by atoms with E-state index in [2.05, 4.69) is 6.58 Å². The fourth-order valence-corrected chi connectivity index (χ4v) is 1.86. The first-order valence-electron chi connectivity index (χ1n) is 5.76. The number of rotatable bonds is 3. The molecule has 0 unspecified atom stereocenters. The molecule has 0 aliphatic carbocycles. The van der Waals surface area contributed by atoms with Gasteiger partial charge in [-0.3, -0.25) is 0 Å². The highest BCUT2D eigenvalue weighted by molar-refractivity contribution is 5.65. The summed E-state index contributed by atoms with van der Waals surface area (Å²) in [6.45, 7) is 12.3. The second-order valence-electron chi connectivity index (χ2n) is 5.49. The van der Waals surface area contributed by atoms with Crippen LogP contribution in [-0.4, -0.2) is 11.2 Å². The Hall–Kier alpha value is -1.08. The number of hydrogen-bond donors (Lipinski definition) is 1. The van der Waals surface area contributed by atoms with Crippen molar-refractivity contribution in [2.45, 2.75) is 33.8 Å². The Morgan fingerprint density at radius 2 is 1.69 bits per heavy atom. The normalized spacial score (nSPS) is 15.6. The molecule has 0 spiro atoms.